The van der Waals surface area contributed by atoms with Crippen molar-refractivity contribution in [1.82, 2.24) is 15.5 Å². The van der Waals surface area contributed by atoms with Crippen LogP contribution in [0.5, 0.6) is 0 Å². The van der Waals surface area contributed by atoms with Gasteiger partial charge in [-0.2, -0.15) is 0 Å². The molecule has 1 aliphatic heterocycles. The third kappa shape index (κ3) is 4.39. The van der Waals surface area contributed by atoms with Gasteiger partial charge in [-0.05, 0) is 13.0 Å². The van der Waals surface area contributed by atoms with Crippen LogP contribution in [0.15, 0.2) is 12.2 Å². The summed E-state index contributed by atoms with van der Waals surface area (Å²) in [6.07, 6.45) is 3.30. The van der Waals surface area contributed by atoms with Gasteiger partial charge in [0.05, 0.1) is 0 Å². The molecule has 80 valence electrons. The molecular formula is C10H19N3O. The highest BCUT2D eigenvalue weighted by Crippen LogP contribution is 1.89. The number of piperazine rings is 1. The zero-order valence-corrected chi connectivity index (χ0v) is 8.75. The molecule has 0 spiro atoms. The maximum absolute atomic E-state index is 11.1. The van der Waals surface area contributed by atoms with Gasteiger partial charge in [0.2, 0.25) is 5.91 Å². The second kappa shape index (κ2) is 6.56. The average Bonchev–Trinajstić information content (AvgIpc) is 2.20. The number of hydrogen-bond acceptors (Lipinski definition) is 3. The molecule has 14 heavy (non-hydrogen) atoms. The van der Waals surface area contributed by atoms with Crippen LogP contribution in [0.4, 0.5) is 0 Å². The number of carbonyl (C=O) groups is 1. The van der Waals surface area contributed by atoms with E-state index < -0.39 is 0 Å². The Kier molecular flexibility index (Phi) is 5.25. The summed E-state index contributed by atoms with van der Waals surface area (Å²) in [5, 5.41) is 6.14. The predicted octanol–water partition coefficient (Wildman–Crippen LogP) is -0.416. The fourth-order valence-electron chi connectivity index (χ4n) is 1.48. The van der Waals surface area contributed by atoms with Gasteiger partial charge in [0.15, 0.2) is 0 Å². The summed E-state index contributed by atoms with van der Waals surface area (Å²) in [6.45, 7) is 7.81. The van der Waals surface area contributed by atoms with Crippen molar-refractivity contribution in [2.24, 2.45) is 0 Å². The van der Waals surface area contributed by atoms with Crippen LogP contribution < -0.4 is 10.6 Å². The first kappa shape index (κ1) is 11.2. The molecule has 1 saturated heterocycles. The van der Waals surface area contributed by atoms with E-state index in [1.807, 2.05) is 6.92 Å². The Morgan fingerprint density at radius 3 is 2.86 bits per heavy atom. The van der Waals surface area contributed by atoms with E-state index in [0.29, 0.717) is 0 Å². The van der Waals surface area contributed by atoms with Crippen LogP contribution in [-0.2, 0) is 4.79 Å². The van der Waals surface area contributed by atoms with Crippen molar-refractivity contribution >= 4 is 5.91 Å². The molecule has 0 aromatic rings. The quantitative estimate of drug-likeness (QED) is 0.602. The third-order valence-corrected chi connectivity index (χ3v) is 2.25. The Morgan fingerprint density at radius 1 is 1.50 bits per heavy atom. The molecule has 1 heterocycles. The lowest BCUT2D eigenvalue weighted by Crippen LogP contribution is -2.46. The lowest BCUT2D eigenvalue weighted by molar-refractivity contribution is -0.116. The van der Waals surface area contributed by atoms with Crippen molar-refractivity contribution in [1.29, 1.82) is 0 Å². The summed E-state index contributed by atoms with van der Waals surface area (Å²) >= 11 is 0. The number of hydrogen-bond donors (Lipinski definition) is 2. The number of rotatable bonds is 4. The molecule has 0 aliphatic carbocycles. The van der Waals surface area contributed by atoms with Crippen LogP contribution in [0, 0.1) is 0 Å². The van der Waals surface area contributed by atoms with E-state index in [4.69, 9.17) is 0 Å². The van der Waals surface area contributed by atoms with Crippen molar-refractivity contribution in [3.63, 3.8) is 0 Å². The predicted molar refractivity (Wildman–Crippen MR) is 57.1 cm³/mol. The Labute approximate surface area is 85.3 Å². The molecule has 0 radical (unpaired) electrons. The fourth-order valence-corrected chi connectivity index (χ4v) is 1.48. The maximum Gasteiger partial charge on any atom is 0.243 e. The highest BCUT2D eigenvalue weighted by atomic mass is 16.1. The van der Waals surface area contributed by atoms with Gasteiger partial charge >= 0.3 is 0 Å². The van der Waals surface area contributed by atoms with Crippen molar-refractivity contribution in [2.75, 3.05) is 39.3 Å². The van der Waals surface area contributed by atoms with Gasteiger partial charge in [-0.1, -0.05) is 6.08 Å². The van der Waals surface area contributed by atoms with Gasteiger partial charge in [0.1, 0.15) is 0 Å². The summed E-state index contributed by atoms with van der Waals surface area (Å²) in [5.74, 6) is 0.00244. The van der Waals surface area contributed by atoms with Crippen LogP contribution in [0.2, 0.25) is 0 Å². The Morgan fingerprint density at radius 2 is 2.21 bits per heavy atom. The molecule has 4 heteroatoms. The zero-order valence-electron chi connectivity index (χ0n) is 8.75. The second-order valence-corrected chi connectivity index (χ2v) is 3.38. The molecular weight excluding hydrogens is 178 g/mol. The first-order valence-corrected chi connectivity index (χ1v) is 5.16. The van der Waals surface area contributed by atoms with Crippen LogP contribution in [0.3, 0.4) is 0 Å². The topological polar surface area (TPSA) is 44.4 Å². The largest absolute Gasteiger partial charge is 0.351 e. The summed E-state index contributed by atoms with van der Waals surface area (Å²) in [4.78, 5) is 13.4. The lowest BCUT2D eigenvalue weighted by Gasteiger charge is -2.26. The van der Waals surface area contributed by atoms with Crippen molar-refractivity contribution < 1.29 is 4.79 Å². The van der Waals surface area contributed by atoms with E-state index in [-0.39, 0.29) is 5.91 Å². The normalized spacial score (nSPS) is 18.6. The molecule has 1 amide bonds. The van der Waals surface area contributed by atoms with Crippen molar-refractivity contribution in [3.05, 3.63) is 12.2 Å². The molecule has 0 unspecified atom stereocenters. The highest BCUT2D eigenvalue weighted by molar-refractivity contribution is 5.87. The SMILES string of the molecule is C/C=C/C(=O)NCCN1CCNCC1. The van der Waals surface area contributed by atoms with Gasteiger partial charge in [-0.15, -0.1) is 0 Å². The van der Waals surface area contributed by atoms with Gasteiger partial charge in [-0.3, -0.25) is 9.69 Å². The number of nitrogens with zero attached hydrogens (tertiary/aromatic N) is 1. The molecule has 2 N–H and O–H groups in total. The molecule has 0 bridgehead atoms. The van der Waals surface area contributed by atoms with Gasteiger partial charge in [-0.25, -0.2) is 0 Å². The van der Waals surface area contributed by atoms with Crippen LogP contribution in [-0.4, -0.2) is 50.1 Å². The highest BCUT2D eigenvalue weighted by Gasteiger charge is 2.08. The standard InChI is InChI=1S/C10H19N3O/c1-2-3-10(14)12-6-9-13-7-4-11-5-8-13/h2-3,11H,4-9H2,1H3,(H,12,14)/b3-2+. The molecule has 0 atom stereocenters. The van der Waals surface area contributed by atoms with Gasteiger partial charge in [0.25, 0.3) is 0 Å². The minimum atomic E-state index is 0.00244. The molecule has 1 rings (SSSR count). The van der Waals surface area contributed by atoms with Gasteiger partial charge < -0.3 is 10.6 Å². The van der Waals surface area contributed by atoms with E-state index in [2.05, 4.69) is 15.5 Å². The van der Waals surface area contributed by atoms with Gasteiger partial charge in [0, 0.05) is 39.3 Å². The first-order valence-electron chi connectivity index (χ1n) is 5.16. The van der Waals surface area contributed by atoms with E-state index in [1.54, 1.807) is 12.2 Å². The number of allylic oxidation sites excluding steroid dienone is 1. The van der Waals surface area contributed by atoms with Crippen LogP contribution >= 0.6 is 0 Å². The minimum Gasteiger partial charge on any atom is -0.351 e. The number of amides is 1. The average molecular weight is 197 g/mol. The summed E-state index contributed by atoms with van der Waals surface area (Å²) < 4.78 is 0. The molecule has 0 aromatic carbocycles. The second-order valence-electron chi connectivity index (χ2n) is 3.38. The van der Waals surface area contributed by atoms with E-state index in [0.717, 1.165) is 39.3 Å². The van der Waals surface area contributed by atoms with Crippen molar-refractivity contribution in [2.45, 2.75) is 6.92 Å². The summed E-state index contributed by atoms with van der Waals surface area (Å²) in [5.41, 5.74) is 0. The molecule has 0 saturated carbocycles. The Bertz CT molecular complexity index is 198. The smallest absolute Gasteiger partial charge is 0.243 e. The molecule has 1 aliphatic rings. The Balaban J connectivity index is 2.05. The summed E-state index contributed by atoms with van der Waals surface area (Å²) in [7, 11) is 0. The van der Waals surface area contributed by atoms with E-state index in [1.165, 1.54) is 0 Å². The summed E-state index contributed by atoms with van der Waals surface area (Å²) in [6, 6.07) is 0. The van der Waals surface area contributed by atoms with Crippen LogP contribution in [0.25, 0.3) is 0 Å². The monoisotopic (exact) mass is 197 g/mol. The van der Waals surface area contributed by atoms with E-state index >= 15 is 0 Å². The number of carbonyl (C=O) groups excluding carboxylic acids is 1. The molecule has 0 aromatic heterocycles. The van der Waals surface area contributed by atoms with E-state index in [9.17, 15) is 4.79 Å². The first-order chi connectivity index (χ1) is 6.83. The lowest BCUT2D eigenvalue weighted by atomic mass is 10.3. The third-order valence-electron chi connectivity index (χ3n) is 2.25. The zero-order chi connectivity index (χ0) is 10.2. The fraction of sp³-hybridized carbons (Fsp3) is 0.700. The van der Waals surface area contributed by atoms with Crippen LogP contribution in [0.1, 0.15) is 6.92 Å². The number of nitrogens with one attached hydrogen (secondary N) is 2. The van der Waals surface area contributed by atoms with Crippen molar-refractivity contribution in [3.8, 4) is 0 Å². The molecule has 4 nitrogen and oxygen atoms in total. The minimum absolute atomic E-state index is 0.00244. The molecule has 1 fully saturated rings. The Hall–Kier alpha value is -0.870. The maximum atomic E-state index is 11.1.